The Balaban J connectivity index is 0.000000181. The topological polar surface area (TPSA) is 137 Å². The van der Waals surface area contributed by atoms with Crippen LogP contribution in [0.4, 0.5) is 26.3 Å². The van der Waals surface area contributed by atoms with Gasteiger partial charge in [-0.05, 0) is 61.1 Å². The summed E-state index contributed by atoms with van der Waals surface area (Å²) >= 11 is 11.7. The van der Waals surface area contributed by atoms with E-state index >= 15 is 0 Å². The van der Waals surface area contributed by atoms with Crippen LogP contribution in [0.3, 0.4) is 0 Å². The number of aromatic nitrogens is 6. The van der Waals surface area contributed by atoms with Crippen LogP contribution in [0, 0.1) is 11.6 Å². The van der Waals surface area contributed by atoms with Crippen molar-refractivity contribution in [2.45, 2.75) is 62.2 Å². The molecule has 5 aromatic rings. The van der Waals surface area contributed by atoms with Crippen LogP contribution in [0.5, 0.6) is 0 Å². The van der Waals surface area contributed by atoms with Gasteiger partial charge in [0.25, 0.3) is 17.7 Å². The molecule has 1 N–H and O–H groups in total. The summed E-state index contributed by atoms with van der Waals surface area (Å²) in [6.45, 7) is -0.552. The first kappa shape index (κ1) is 37.8. The lowest BCUT2D eigenvalue weighted by atomic mass is 9.92. The number of Topliss-reactive ketones (excluding diaryl/α,β-unsaturated/α-hetero) is 1. The Morgan fingerprint density at radius 2 is 1.25 bits per heavy atom. The molecule has 0 spiro atoms. The van der Waals surface area contributed by atoms with Crippen LogP contribution in [0.2, 0.25) is 10.0 Å². The lowest BCUT2D eigenvalue weighted by Crippen LogP contribution is -2.34. The predicted molar refractivity (Wildman–Crippen MR) is 178 cm³/mol. The van der Waals surface area contributed by atoms with Crippen LogP contribution in [-0.4, -0.2) is 54.8 Å². The zero-order chi connectivity index (χ0) is 37.9. The number of carbonyl (C=O) groups is 2. The molecular formula is C35H27Cl2F6N7O3. The molecule has 7 rings (SSSR count). The van der Waals surface area contributed by atoms with Gasteiger partial charge in [0, 0.05) is 48.5 Å². The molecular weight excluding hydrogens is 751 g/mol. The molecule has 0 bridgehead atoms. The highest BCUT2D eigenvalue weighted by Crippen LogP contribution is 2.51. The van der Waals surface area contributed by atoms with Crippen molar-refractivity contribution in [3.05, 3.63) is 117 Å². The number of carbonyl (C=O) groups excluding carboxylic acids is 2. The minimum absolute atomic E-state index is 0.0571. The largest absolute Gasteiger partial charge is 0.415 e. The molecule has 2 aliphatic rings. The normalized spacial score (nSPS) is 15.1. The number of nitrogens with zero attached hydrogens (tertiary/aromatic N) is 6. The highest BCUT2D eigenvalue weighted by molar-refractivity contribution is 6.31. The molecule has 2 aromatic carbocycles. The maximum Gasteiger partial charge on any atom is 0.315 e. The van der Waals surface area contributed by atoms with Crippen molar-refractivity contribution >= 4 is 34.9 Å². The molecule has 0 radical (unpaired) electrons. The van der Waals surface area contributed by atoms with E-state index in [2.05, 4.69) is 30.1 Å². The summed E-state index contributed by atoms with van der Waals surface area (Å²) in [5.74, 6) is -2.71. The second-order valence-electron chi connectivity index (χ2n) is 12.6. The highest BCUT2D eigenvalue weighted by Gasteiger charge is 2.46. The second kappa shape index (κ2) is 15.6. The van der Waals surface area contributed by atoms with Crippen LogP contribution in [0.15, 0.2) is 65.6 Å². The molecule has 10 nitrogen and oxygen atoms in total. The number of nitrogens with one attached hydrogen (secondary N) is 1. The van der Waals surface area contributed by atoms with Crippen molar-refractivity contribution < 1.29 is 40.3 Å². The van der Waals surface area contributed by atoms with Gasteiger partial charge in [-0.3, -0.25) is 9.59 Å². The van der Waals surface area contributed by atoms with E-state index < -0.39 is 48.6 Å². The third-order valence-corrected chi connectivity index (χ3v) is 9.57. The molecule has 53 heavy (non-hydrogen) atoms. The standard InChI is InChI=1S/C18H15ClF3N3O2.C17H12ClF3N4O/c19-12-5-11(1-2-13(12)20)18(3-4-18)6-15-23-7-10(8-24-15)14(26)9-25-17(27)16(21)22;18-11-5-10(1-2-12(11)19)17(3-4-17)6-13-22-7-9(8-23-13)15-24-25-16(26-15)14(20)21/h1-2,5,7-8,16H,3-4,6,9H2,(H,25,27);1-2,5,7-8,14H,3-4,6H2. The van der Waals surface area contributed by atoms with Crippen molar-refractivity contribution in [2.24, 2.45) is 0 Å². The van der Waals surface area contributed by atoms with Crippen molar-refractivity contribution in [1.82, 2.24) is 35.5 Å². The fraction of sp³-hybridized carbons (Fsp3) is 0.314. The summed E-state index contributed by atoms with van der Waals surface area (Å²) in [6, 6.07) is 9.35. The molecule has 0 unspecified atom stereocenters. The van der Waals surface area contributed by atoms with Gasteiger partial charge in [-0.25, -0.2) is 28.7 Å². The van der Waals surface area contributed by atoms with E-state index in [4.69, 9.17) is 27.6 Å². The molecule has 3 aromatic heterocycles. The monoisotopic (exact) mass is 777 g/mol. The summed E-state index contributed by atoms with van der Waals surface area (Å²) in [7, 11) is 0. The fourth-order valence-electron chi connectivity index (χ4n) is 5.63. The average molecular weight is 779 g/mol. The third-order valence-electron chi connectivity index (χ3n) is 8.99. The van der Waals surface area contributed by atoms with Gasteiger partial charge in [-0.2, -0.15) is 17.6 Å². The number of benzene rings is 2. The quantitative estimate of drug-likeness (QED) is 0.100. The van der Waals surface area contributed by atoms with Gasteiger partial charge in [0.15, 0.2) is 5.78 Å². The lowest BCUT2D eigenvalue weighted by molar-refractivity contribution is -0.131. The van der Waals surface area contributed by atoms with Crippen LogP contribution in [0.1, 0.15) is 71.1 Å². The SMILES string of the molecule is Fc1ccc(C2(Cc3ncc(-c4nnc(C(F)F)o4)cn3)CC2)cc1Cl.O=C(CNC(=O)C(F)F)c1cnc(CC2(c3ccc(F)c(Cl)c3)CC2)nc1. The molecule has 276 valence electrons. The second-order valence-corrected chi connectivity index (χ2v) is 13.5. The maximum absolute atomic E-state index is 13.4. The summed E-state index contributed by atoms with van der Waals surface area (Å²) in [6.07, 6.45) is 4.23. The minimum Gasteiger partial charge on any atom is -0.415 e. The molecule has 18 heteroatoms. The van der Waals surface area contributed by atoms with E-state index in [0.29, 0.717) is 30.1 Å². The zero-order valence-corrected chi connectivity index (χ0v) is 28.8. The van der Waals surface area contributed by atoms with Gasteiger partial charge in [0.1, 0.15) is 23.3 Å². The first-order valence-corrected chi connectivity index (χ1v) is 16.8. The van der Waals surface area contributed by atoms with Gasteiger partial charge in [0.2, 0.25) is 0 Å². The number of ketones is 1. The number of hydrogen-bond donors (Lipinski definition) is 1. The van der Waals surface area contributed by atoms with Crippen molar-refractivity contribution in [2.75, 3.05) is 6.54 Å². The average Bonchev–Trinajstić information content (AvgIpc) is 4.06. The fourth-order valence-corrected chi connectivity index (χ4v) is 5.99. The van der Waals surface area contributed by atoms with Crippen molar-refractivity contribution in [3.63, 3.8) is 0 Å². The highest BCUT2D eigenvalue weighted by atomic mass is 35.5. The lowest BCUT2D eigenvalue weighted by Gasteiger charge is -2.15. The summed E-state index contributed by atoms with van der Waals surface area (Å²) in [5, 5.41) is 8.83. The Kier molecular flexibility index (Phi) is 11.1. The number of rotatable bonds is 12. The van der Waals surface area contributed by atoms with Crippen LogP contribution < -0.4 is 5.32 Å². The summed E-state index contributed by atoms with van der Waals surface area (Å²) < 4.78 is 80.8. The molecule has 0 saturated heterocycles. The number of amides is 1. The van der Waals surface area contributed by atoms with E-state index in [9.17, 15) is 35.9 Å². The smallest absolute Gasteiger partial charge is 0.315 e. The van der Waals surface area contributed by atoms with Crippen LogP contribution in [0.25, 0.3) is 11.5 Å². The summed E-state index contributed by atoms with van der Waals surface area (Å²) in [5.41, 5.74) is 1.99. The number of halogens is 8. The van der Waals surface area contributed by atoms with E-state index in [1.54, 1.807) is 24.3 Å². The first-order chi connectivity index (χ1) is 25.3. The van der Waals surface area contributed by atoms with E-state index in [-0.39, 0.29) is 32.3 Å². The molecule has 1 amide bonds. The Morgan fingerprint density at radius 1 is 0.755 bits per heavy atom. The Morgan fingerprint density at radius 3 is 1.66 bits per heavy atom. The van der Waals surface area contributed by atoms with Gasteiger partial charge < -0.3 is 9.73 Å². The first-order valence-electron chi connectivity index (χ1n) is 16.0. The molecule has 2 fully saturated rings. The molecule has 3 heterocycles. The molecule has 0 atom stereocenters. The van der Waals surface area contributed by atoms with Gasteiger partial charge in [-0.15, -0.1) is 10.2 Å². The van der Waals surface area contributed by atoms with Crippen molar-refractivity contribution in [3.8, 4) is 11.5 Å². The molecule has 0 aliphatic heterocycles. The van der Waals surface area contributed by atoms with Gasteiger partial charge in [0.05, 0.1) is 27.7 Å². The Bertz CT molecular complexity index is 2110. The molecule has 2 aliphatic carbocycles. The van der Waals surface area contributed by atoms with E-state index in [1.807, 2.05) is 5.32 Å². The Hall–Kier alpha value is -4.96. The van der Waals surface area contributed by atoms with E-state index in [1.165, 1.54) is 36.9 Å². The van der Waals surface area contributed by atoms with Gasteiger partial charge in [-0.1, -0.05) is 35.3 Å². The number of hydrogen-bond acceptors (Lipinski definition) is 9. The third kappa shape index (κ3) is 8.99. The number of alkyl halides is 4. The van der Waals surface area contributed by atoms with Crippen molar-refractivity contribution in [1.29, 1.82) is 0 Å². The summed E-state index contributed by atoms with van der Waals surface area (Å²) in [4.78, 5) is 39.5. The maximum atomic E-state index is 13.4. The van der Waals surface area contributed by atoms with Crippen LogP contribution in [-0.2, 0) is 28.5 Å². The molecule has 2 saturated carbocycles. The van der Waals surface area contributed by atoms with Gasteiger partial charge >= 0.3 is 12.9 Å². The van der Waals surface area contributed by atoms with E-state index in [0.717, 1.165) is 36.8 Å². The van der Waals surface area contributed by atoms with Crippen LogP contribution >= 0.6 is 23.2 Å². The minimum atomic E-state index is -3.17. The zero-order valence-electron chi connectivity index (χ0n) is 27.3. The Labute approximate surface area is 307 Å². The predicted octanol–water partition coefficient (Wildman–Crippen LogP) is 7.64.